The van der Waals surface area contributed by atoms with Crippen LogP contribution in [-0.2, 0) is 0 Å². The molecule has 1 aromatic heterocycles. The second kappa shape index (κ2) is 3.95. The zero-order valence-corrected chi connectivity index (χ0v) is 7.18. The van der Waals surface area contributed by atoms with Crippen LogP contribution in [0.2, 0.25) is 5.02 Å². The number of carbonyl (C=O) groups is 1. The van der Waals surface area contributed by atoms with Crippen molar-refractivity contribution >= 4 is 30.2 Å². The molecule has 0 aliphatic heterocycles. The molecule has 1 rings (SSSR count). The first-order valence-electron chi connectivity index (χ1n) is 3.22. The minimum atomic E-state index is -0.770. The summed E-state index contributed by atoms with van der Waals surface area (Å²) in [4.78, 5) is 17.2. The number of urea groups is 1. The summed E-state index contributed by atoms with van der Waals surface area (Å²) in [6, 6.07) is 0.265. The third kappa shape index (κ3) is 2.48. The molecule has 6 heteroatoms. The lowest BCUT2D eigenvalue weighted by Crippen LogP contribution is -2.08. The summed E-state index contributed by atoms with van der Waals surface area (Å²) in [6.07, 6.45) is 1.21. The van der Waals surface area contributed by atoms with Crippen molar-refractivity contribution in [3.05, 3.63) is 23.1 Å². The number of amides is 2. The summed E-state index contributed by atoms with van der Waals surface area (Å²) in [5.41, 5.74) is 0. The Balaban J connectivity index is 2.89. The number of carbonyl (C=O) groups excluding carboxylic acids is 1. The van der Waals surface area contributed by atoms with E-state index in [9.17, 15) is 9.18 Å². The van der Waals surface area contributed by atoms with Gasteiger partial charge < -0.3 is 0 Å². The van der Waals surface area contributed by atoms with Crippen LogP contribution >= 0.6 is 11.6 Å². The van der Waals surface area contributed by atoms with E-state index < -0.39 is 11.8 Å². The van der Waals surface area contributed by atoms with Gasteiger partial charge in [-0.2, -0.15) is 0 Å². The van der Waals surface area contributed by atoms with Crippen LogP contribution in [0, 0.1) is 5.82 Å². The van der Waals surface area contributed by atoms with Gasteiger partial charge in [-0.1, -0.05) is 11.6 Å². The molecule has 1 heterocycles. The Kier molecular flexibility index (Phi) is 2.92. The Morgan fingerprint density at radius 1 is 1.77 bits per heavy atom. The molecule has 0 saturated carbocycles. The lowest BCUT2D eigenvalue weighted by Gasteiger charge is -2.01. The monoisotopic (exact) mass is 201 g/mol. The number of rotatable bonds is 1. The van der Waals surface area contributed by atoms with Crippen molar-refractivity contribution in [3.63, 3.8) is 0 Å². The number of nitrogens with one attached hydrogen (secondary N) is 1. The van der Waals surface area contributed by atoms with Crippen molar-refractivity contribution in [1.29, 1.82) is 0 Å². The number of nitrogens with zero attached hydrogens (tertiary/aromatic N) is 2. The molecule has 0 radical (unpaired) electrons. The fourth-order valence-corrected chi connectivity index (χ4v) is 0.792. The first-order chi connectivity index (χ1) is 6.13. The number of hydrogen-bond donors (Lipinski definition) is 1. The minimum absolute atomic E-state index is 0.155. The maximum absolute atomic E-state index is 12.9. The Bertz CT molecular complexity index is 356. The molecule has 0 saturated heterocycles. The molecule has 1 N–H and O–H groups in total. The molecule has 0 aliphatic rings. The number of aromatic nitrogens is 1. The van der Waals surface area contributed by atoms with Crippen LogP contribution in [0.15, 0.2) is 17.3 Å². The molecule has 68 valence electrons. The number of anilines is 1. The normalized spacial score (nSPS) is 9.38. The summed E-state index contributed by atoms with van der Waals surface area (Å²) in [7, 11) is 0. The van der Waals surface area contributed by atoms with Gasteiger partial charge >= 0.3 is 6.03 Å². The van der Waals surface area contributed by atoms with Crippen molar-refractivity contribution < 1.29 is 9.18 Å². The van der Waals surface area contributed by atoms with Gasteiger partial charge in [0.05, 0.1) is 5.02 Å². The van der Waals surface area contributed by atoms with E-state index in [-0.39, 0.29) is 10.8 Å². The SMILES string of the molecule is C=NC(=O)Nc1ncc(Cl)cc1F. The van der Waals surface area contributed by atoms with Crippen molar-refractivity contribution in [2.45, 2.75) is 0 Å². The molecule has 0 aliphatic carbocycles. The van der Waals surface area contributed by atoms with Gasteiger partial charge in [-0.15, -0.1) is 0 Å². The van der Waals surface area contributed by atoms with Crippen LogP contribution < -0.4 is 5.32 Å². The zero-order chi connectivity index (χ0) is 9.84. The predicted octanol–water partition coefficient (Wildman–Crippen LogP) is 2.11. The second-order valence-electron chi connectivity index (χ2n) is 2.07. The van der Waals surface area contributed by atoms with Crippen molar-refractivity contribution in [2.24, 2.45) is 4.99 Å². The van der Waals surface area contributed by atoms with Crippen LogP contribution in [0.5, 0.6) is 0 Å². The van der Waals surface area contributed by atoms with E-state index in [1.807, 2.05) is 0 Å². The highest BCUT2D eigenvalue weighted by Crippen LogP contribution is 2.15. The molecule has 0 bridgehead atoms. The summed E-state index contributed by atoms with van der Waals surface area (Å²) in [6.45, 7) is 2.97. The zero-order valence-electron chi connectivity index (χ0n) is 6.42. The van der Waals surface area contributed by atoms with Crippen LogP contribution in [0.4, 0.5) is 15.0 Å². The second-order valence-corrected chi connectivity index (χ2v) is 2.51. The molecule has 0 aromatic carbocycles. The van der Waals surface area contributed by atoms with E-state index in [0.717, 1.165) is 6.07 Å². The van der Waals surface area contributed by atoms with E-state index in [1.54, 1.807) is 0 Å². The average molecular weight is 202 g/mol. The third-order valence-corrected chi connectivity index (χ3v) is 1.38. The van der Waals surface area contributed by atoms with Crippen molar-refractivity contribution in [2.75, 3.05) is 5.32 Å². The highest BCUT2D eigenvalue weighted by Gasteiger charge is 2.06. The molecule has 1 aromatic rings. The summed E-state index contributed by atoms with van der Waals surface area (Å²) < 4.78 is 12.9. The van der Waals surface area contributed by atoms with E-state index in [0.29, 0.717) is 0 Å². The van der Waals surface area contributed by atoms with Crippen molar-refractivity contribution in [3.8, 4) is 0 Å². The Morgan fingerprint density at radius 3 is 3.00 bits per heavy atom. The number of pyridine rings is 1. The van der Waals surface area contributed by atoms with Crippen LogP contribution in [0.25, 0.3) is 0 Å². The number of hydrogen-bond acceptors (Lipinski definition) is 2. The fourth-order valence-electron chi connectivity index (χ4n) is 0.647. The molecule has 2 amide bonds. The molecule has 0 unspecified atom stereocenters. The van der Waals surface area contributed by atoms with E-state index in [4.69, 9.17) is 11.6 Å². The molecule has 4 nitrogen and oxygen atoms in total. The topological polar surface area (TPSA) is 54.4 Å². The minimum Gasteiger partial charge on any atom is -0.288 e. The summed E-state index contributed by atoms with van der Waals surface area (Å²) in [5.74, 6) is -0.939. The van der Waals surface area contributed by atoms with Crippen molar-refractivity contribution in [1.82, 2.24) is 4.98 Å². The standard InChI is InChI=1S/C7H5ClFN3O/c1-10-7(13)12-6-5(9)2-4(8)3-11-6/h2-3H,1H2,(H,11,12,13). The van der Waals surface area contributed by atoms with Gasteiger partial charge in [0.2, 0.25) is 0 Å². The average Bonchev–Trinajstić information content (AvgIpc) is 2.09. The highest BCUT2D eigenvalue weighted by atomic mass is 35.5. The first kappa shape index (κ1) is 9.60. The van der Waals surface area contributed by atoms with Crippen LogP contribution in [0.3, 0.4) is 0 Å². The van der Waals surface area contributed by atoms with E-state index >= 15 is 0 Å². The summed E-state index contributed by atoms with van der Waals surface area (Å²) >= 11 is 5.44. The smallest absolute Gasteiger partial charge is 0.288 e. The maximum Gasteiger partial charge on any atom is 0.345 e. The quantitative estimate of drug-likeness (QED) is 0.708. The molecular weight excluding hydrogens is 197 g/mol. The predicted molar refractivity (Wildman–Crippen MR) is 47.8 cm³/mol. The first-order valence-corrected chi connectivity index (χ1v) is 3.60. The molecule has 0 atom stereocenters. The number of halogens is 2. The van der Waals surface area contributed by atoms with Gasteiger partial charge in [-0.05, 0) is 12.8 Å². The molecule has 13 heavy (non-hydrogen) atoms. The van der Waals surface area contributed by atoms with Gasteiger partial charge in [-0.3, -0.25) is 5.32 Å². The van der Waals surface area contributed by atoms with E-state index in [2.05, 4.69) is 22.0 Å². The fraction of sp³-hybridized carbons (Fsp3) is 0. The Labute approximate surface area is 78.5 Å². The molecule has 0 spiro atoms. The lowest BCUT2D eigenvalue weighted by atomic mass is 10.4. The van der Waals surface area contributed by atoms with Crippen LogP contribution in [-0.4, -0.2) is 17.7 Å². The Hall–Kier alpha value is -1.49. The van der Waals surface area contributed by atoms with Crippen LogP contribution in [0.1, 0.15) is 0 Å². The number of aliphatic imine (C=N–C) groups is 1. The maximum atomic E-state index is 12.9. The Morgan fingerprint density at radius 2 is 2.46 bits per heavy atom. The van der Waals surface area contributed by atoms with Gasteiger partial charge in [0.25, 0.3) is 0 Å². The van der Waals surface area contributed by atoms with Gasteiger partial charge in [0.15, 0.2) is 11.6 Å². The molecular formula is C7H5ClFN3O. The lowest BCUT2D eigenvalue weighted by molar-refractivity contribution is 0.259. The van der Waals surface area contributed by atoms with Gasteiger partial charge in [-0.25, -0.2) is 19.2 Å². The van der Waals surface area contributed by atoms with E-state index in [1.165, 1.54) is 6.20 Å². The highest BCUT2D eigenvalue weighted by molar-refractivity contribution is 6.30. The molecule has 0 fully saturated rings. The van der Waals surface area contributed by atoms with Gasteiger partial charge in [0, 0.05) is 6.20 Å². The third-order valence-electron chi connectivity index (χ3n) is 1.18. The largest absolute Gasteiger partial charge is 0.345 e. The summed E-state index contributed by atoms with van der Waals surface area (Å²) in [5, 5.41) is 2.23. The van der Waals surface area contributed by atoms with Gasteiger partial charge in [0.1, 0.15) is 0 Å².